The van der Waals surface area contributed by atoms with Crippen LogP contribution in [0.3, 0.4) is 0 Å². The minimum atomic E-state index is -2.28. The Kier molecular flexibility index (Phi) is 2.14. The van der Waals surface area contributed by atoms with E-state index >= 15 is 0 Å². The second kappa shape index (κ2) is 5.53. The molecule has 104 valence electrons. The Bertz CT molecular complexity index is 958. The molecule has 0 saturated carbocycles. The molecule has 3 rings (SSSR count). The lowest BCUT2D eigenvalue weighted by molar-refractivity contribution is 1.25. The summed E-state index contributed by atoms with van der Waals surface area (Å²) in [4.78, 5) is 4.35. The number of rotatable bonds is 2. The van der Waals surface area contributed by atoms with Gasteiger partial charge in [0.2, 0.25) is 0 Å². The van der Waals surface area contributed by atoms with Crippen LogP contribution < -0.4 is 0 Å². The van der Waals surface area contributed by atoms with Crippen LogP contribution >= 0.6 is 0 Å². The molecule has 1 heteroatoms. The van der Waals surface area contributed by atoms with Crippen molar-refractivity contribution in [1.82, 2.24) is 4.98 Å². The molecule has 0 N–H and O–H groups in total. The quantitative estimate of drug-likeness (QED) is 0.617. The molecule has 0 spiro atoms. The molecule has 21 heavy (non-hydrogen) atoms. The normalized spacial score (nSPS) is 16.0. The van der Waals surface area contributed by atoms with Crippen molar-refractivity contribution < 1.29 is 8.22 Å². The zero-order valence-corrected chi connectivity index (χ0v) is 11.7. The van der Waals surface area contributed by atoms with Gasteiger partial charge in [0.1, 0.15) is 0 Å². The molecule has 0 unspecified atom stereocenters. The second-order valence-corrected chi connectivity index (χ2v) is 5.01. The number of aromatic nitrogens is 1. The van der Waals surface area contributed by atoms with Gasteiger partial charge < -0.3 is 0 Å². The molecule has 0 bridgehead atoms. The lowest BCUT2D eigenvalue weighted by atomic mass is 9.97. The van der Waals surface area contributed by atoms with Gasteiger partial charge in [0.05, 0.1) is 5.69 Å². The molecule has 0 aliphatic carbocycles. The number of pyridine rings is 1. The fourth-order valence-corrected chi connectivity index (χ4v) is 2.41. The highest BCUT2D eigenvalue weighted by Gasteiger charge is 2.08. The zero-order chi connectivity index (χ0) is 19.8. The summed E-state index contributed by atoms with van der Waals surface area (Å²) >= 11 is 0. The first-order valence-electron chi connectivity index (χ1n) is 9.75. The molecule has 2 aromatic carbocycles. The lowest BCUT2D eigenvalue weighted by Crippen LogP contribution is -1.92. The van der Waals surface area contributed by atoms with Crippen molar-refractivity contribution in [3.8, 4) is 22.4 Å². The van der Waals surface area contributed by atoms with Crippen molar-refractivity contribution >= 4 is 0 Å². The van der Waals surface area contributed by atoms with Crippen LogP contribution in [0, 0.1) is 20.6 Å². The van der Waals surface area contributed by atoms with Crippen LogP contribution in [0.2, 0.25) is 0 Å². The van der Waals surface area contributed by atoms with Gasteiger partial charge in [-0.2, -0.15) is 0 Å². The highest BCUT2D eigenvalue weighted by atomic mass is 14.7. The lowest BCUT2D eigenvalue weighted by Gasteiger charge is -2.11. The van der Waals surface area contributed by atoms with Crippen molar-refractivity contribution in [3.05, 3.63) is 77.5 Å². The van der Waals surface area contributed by atoms with Crippen LogP contribution in [0.1, 0.15) is 24.9 Å². The number of aryl methyl sites for hydroxylation is 3. The number of hydrogen-bond donors (Lipinski definition) is 0. The van der Waals surface area contributed by atoms with Crippen molar-refractivity contribution in [2.75, 3.05) is 0 Å². The van der Waals surface area contributed by atoms with Gasteiger partial charge in [-0.1, -0.05) is 54.1 Å². The predicted molar refractivity (Wildman–Crippen MR) is 89.3 cm³/mol. The molecule has 1 aromatic heterocycles. The molecule has 0 saturated heterocycles. The van der Waals surface area contributed by atoms with Gasteiger partial charge >= 0.3 is 0 Å². The summed E-state index contributed by atoms with van der Waals surface area (Å²) in [6.45, 7) is -2.62. The van der Waals surface area contributed by atoms with Crippen LogP contribution in [-0.4, -0.2) is 4.98 Å². The van der Waals surface area contributed by atoms with Gasteiger partial charge in [-0.15, -0.1) is 0 Å². The number of nitrogens with zero attached hydrogens (tertiary/aromatic N) is 1. The van der Waals surface area contributed by atoms with Crippen LogP contribution in [-0.2, 0) is 0 Å². The molecule has 1 nitrogen and oxygen atoms in total. The summed E-state index contributed by atoms with van der Waals surface area (Å²) < 4.78 is 46.1. The third kappa shape index (κ3) is 2.73. The van der Waals surface area contributed by atoms with Gasteiger partial charge in [-0.25, -0.2) is 0 Å². The summed E-state index contributed by atoms with van der Waals surface area (Å²) in [7, 11) is 0. The Labute approximate surface area is 134 Å². The van der Waals surface area contributed by atoms with Crippen LogP contribution in [0.5, 0.6) is 0 Å². The zero-order valence-electron chi connectivity index (χ0n) is 17.7. The van der Waals surface area contributed by atoms with E-state index in [1.165, 1.54) is 6.20 Å². The third-order valence-electron chi connectivity index (χ3n) is 3.49. The summed E-state index contributed by atoms with van der Waals surface area (Å²) in [6, 6.07) is 16.0. The predicted octanol–water partition coefficient (Wildman–Crippen LogP) is 5.34. The van der Waals surface area contributed by atoms with E-state index in [0.717, 1.165) is 16.7 Å². The molecule has 0 atom stereocenters. The van der Waals surface area contributed by atoms with E-state index in [4.69, 9.17) is 8.22 Å². The van der Waals surface area contributed by atoms with Crippen LogP contribution in [0.4, 0.5) is 0 Å². The summed E-state index contributed by atoms with van der Waals surface area (Å²) in [6.07, 6.45) is 1.39. The highest BCUT2D eigenvalue weighted by Crippen LogP contribution is 2.29. The van der Waals surface area contributed by atoms with E-state index in [2.05, 4.69) is 4.98 Å². The second-order valence-electron chi connectivity index (χ2n) is 5.01. The minimum absolute atomic E-state index is 0.189. The topological polar surface area (TPSA) is 12.9 Å². The average Bonchev–Trinajstić information content (AvgIpc) is 2.60. The molecule has 0 amide bonds. The Morgan fingerprint density at radius 1 is 0.857 bits per heavy atom. The Morgan fingerprint density at radius 3 is 2.43 bits per heavy atom. The Balaban J connectivity index is 2.16. The highest BCUT2D eigenvalue weighted by molar-refractivity contribution is 5.74. The van der Waals surface area contributed by atoms with E-state index in [0.29, 0.717) is 11.3 Å². The number of benzene rings is 2. The average molecular weight is 279 g/mol. The molecule has 3 aromatic rings. The standard InChI is InChI=1S/C20H19N/c1-14-9-10-18(15(2)11-14)20-12-19(16(3)13-21-20)17-7-5-4-6-8-17/h4-13H,1-3H3/i1D3,3D3. The van der Waals surface area contributed by atoms with Gasteiger partial charge in [-0.3, -0.25) is 4.98 Å². The van der Waals surface area contributed by atoms with Crippen LogP contribution in [0.25, 0.3) is 22.4 Å². The first-order valence-corrected chi connectivity index (χ1v) is 6.75. The minimum Gasteiger partial charge on any atom is -0.256 e. The molecule has 1 heterocycles. The van der Waals surface area contributed by atoms with E-state index in [1.54, 1.807) is 24.3 Å². The van der Waals surface area contributed by atoms with Crippen molar-refractivity contribution in [1.29, 1.82) is 0 Å². The molecule has 0 aliphatic heterocycles. The number of hydrogen-bond acceptors (Lipinski definition) is 1. The van der Waals surface area contributed by atoms with Gasteiger partial charge in [0, 0.05) is 20.0 Å². The fraction of sp³-hybridized carbons (Fsp3) is 0.150. The van der Waals surface area contributed by atoms with E-state index < -0.39 is 13.7 Å². The molecule has 0 radical (unpaired) electrons. The fourth-order valence-electron chi connectivity index (χ4n) is 2.41. The van der Waals surface area contributed by atoms with E-state index in [-0.39, 0.29) is 11.1 Å². The molecular formula is C20H19N. The maximum atomic E-state index is 7.81. The monoisotopic (exact) mass is 279 g/mol. The van der Waals surface area contributed by atoms with E-state index in [9.17, 15) is 0 Å². The Morgan fingerprint density at radius 2 is 1.71 bits per heavy atom. The summed E-state index contributed by atoms with van der Waals surface area (Å²) in [5, 5.41) is 0. The maximum absolute atomic E-state index is 7.81. The third-order valence-corrected chi connectivity index (χ3v) is 3.49. The summed E-state index contributed by atoms with van der Waals surface area (Å²) in [5.41, 5.74) is 4.01. The first-order chi connectivity index (χ1) is 12.6. The van der Waals surface area contributed by atoms with Gasteiger partial charge in [0.25, 0.3) is 0 Å². The smallest absolute Gasteiger partial charge is 0.0711 e. The Hall–Kier alpha value is -2.41. The molecule has 0 aliphatic rings. The maximum Gasteiger partial charge on any atom is 0.0711 e. The first kappa shape index (κ1) is 8.14. The van der Waals surface area contributed by atoms with Crippen molar-refractivity contribution in [3.63, 3.8) is 0 Å². The van der Waals surface area contributed by atoms with Gasteiger partial charge in [-0.05, 0) is 48.9 Å². The van der Waals surface area contributed by atoms with Crippen molar-refractivity contribution in [2.45, 2.75) is 20.6 Å². The van der Waals surface area contributed by atoms with Crippen LogP contribution in [0.15, 0.2) is 60.8 Å². The molecular weight excluding hydrogens is 254 g/mol. The largest absolute Gasteiger partial charge is 0.256 e. The summed E-state index contributed by atoms with van der Waals surface area (Å²) in [5.74, 6) is 0. The van der Waals surface area contributed by atoms with E-state index in [1.807, 2.05) is 37.3 Å². The van der Waals surface area contributed by atoms with Gasteiger partial charge in [0.15, 0.2) is 0 Å². The molecule has 0 fully saturated rings. The SMILES string of the molecule is [2H]C([2H])([2H])c1ccc(-c2cc(-c3ccccc3)c(C([2H])([2H])[2H])cn2)c(C)c1. The van der Waals surface area contributed by atoms with Crippen molar-refractivity contribution in [2.24, 2.45) is 0 Å².